The second kappa shape index (κ2) is 9.33. The zero-order chi connectivity index (χ0) is 21.8. The Hall–Kier alpha value is -3.15. The Morgan fingerprint density at radius 1 is 1.03 bits per heavy atom. The van der Waals surface area contributed by atoms with Crippen molar-refractivity contribution in [2.24, 2.45) is 11.8 Å². The van der Waals surface area contributed by atoms with Gasteiger partial charge in [-0.25, -0.2) is 0 Å². The van der Waals surface area contributed by atoms with Gasteiger partial charge in [0.05, 0.1) is 6.54 Å². The van der Waals surface area contributed by atoms with Crippen molar-refractivity contribution in [1.82, 2.24) is 15.5 Å². The topological polar surface area (TPSA) is 78.5 Å². The first-order valence-electron chi connectivity index (χ1n) is 11.0. The zero-order valence-corrected chi connectivity index (χ0v) is 17.8. The molecule has 0 unspecified atom stereocenters. The first-order chi connectivity index (χ1) is 15.0. The molecule has 1 heterocycles. The van der Waals surface area contributed by atoms with E-state index in [1.165, 1.54) is 5.56 Å². The fourth-order valence-electron chi connectivity index (χ4n) is 4.64. The van der Waals surface area contributed by atoms with E-state index in [0.29, 0.717) is 31.5 Å². The van der Waals surface area contributed by atoms with Crippen molar-refractivity contribution in [3.8, 4) is 0 Å². The number of hydrogen-bond acceptors (Lipinski definition) is 3. The Bertz CT molecular complexity index is 942. The molecule has 3 amide bonds. The largest absolute Gasteiger partial charge is 0.352 e. The molecule has 31 heavy (non-hydrogen) atoms. The Morgan fingerprint density at radius 3 is 2.45 bits per heavy atom. The monoisotopic (exact) mass is 419 g/mol. The van der Waals surface area contributed by atoms with Gasteiger partial charge in [-0.1, -0.05) is 49.4 Å². The highest BCUT2D eigenvalue weighted by Gasteiger charge is 2.42. The maximum atomic E-state index is 12.9. The molecule has 2 N–H and O–H groups in total. The van der Waals surface area contributed by atoms with E-state index in [1.54, 1.807) is 17.0 Å². The second-order valence-corrected chi connectivity index (χ2v) is 8.54. The normalized spacial score (nSPS) is 22.9. The Labute approximate surface area is 183 Å². The molecule has 1 aliphatic heterocycles. The van der Waals surface area contributed by atoms with Gasteiger partial charge in [0.15, 0.2) is 0 Å². The molecular formula is C25H29N3O3. The third-order valence-corrected chi connectivity index (χ3v) is 6.41. The molecule has 2 fully saturated rings. The second-order valence-electron chi connectivity index (χ2n) is 8.54. The molecule has 0 aromatic heterocycles. The summed E-state index contributed by atoms with van der Waals surface area (Å²) in [6.07, 6.45) is 2.28. The maximum Gasteiger partial charge on any atom is 0.254 e. The summed E-state index contributed by atoms with van der Waals surface area (Å²) in [6.45, 7) is 3.16. The van der Waals surface area contributed by atoms with Crippen molar-refractivity contribution in [2.45, 2.75) is 38.8 Å². The Balaban J connectivity index is 1.36. The predicted molar refractivity (Wildman–Crippen MR) is 118 cm³/mol. The van der Waals surface area contributed by atoms with Gasteiger partial charge in [-0.05, 0) is 48.4 Å². The Kier molecular flexibility index (Phi) is 6.35. The molecular weight excluding hydrogens is 390 g/mol. The highest BCUT2D eigenvalue weighted by Crippen LogP contribution is 2.33. The number of aryl methyl sites for hydroxylation is 1. The van der Waals surface area contributed by atoms with Crippen LogP contribution in [0.4, 0.5) is 0 Å². The van der Waals surface area contributed by atoms with Crippen LogP contribution in [0.2, 0.25) is 0 Å². The van der Waals surface area contributed by atoms with Crippen LogP contribution in [0.5, 0.6) is 0 Å². The lowest BCUT2D eigenvalue weighted by Gasteiger charge is -2.23. The van der Waals surface area contributed by atoms with Gasteiger partial charge in [0.1, 0.15) is 0 Å². The van der Waals surface area contributed by atoms with Gasteiger partial charge < -0.3 is 15.5 Å². The lowest BCUT2D eigenvalue weighted by molar-refractivity contribution is -0.125. The fourth-order valence-corrected chi connectivity index (χ4v) is 4.64. The number of hydrogen-bond donors (Lipinski definition) is 2. The minimum Gasteiger partial charge on any atom is -0.352 e. The summed E-state index contributed by atoms with van der Waals surface area (Å²) in [4.78, 5) is 39.7. The average Bonchev–Trinajstić information content (AvgIpc) is 3.12. The lowest BCUT2D eigenvalue weighted by atomic mass is 10.0. The predicted octanol–water partition coefficient (Wildman–Crippen LogP) is 2.53. The lowest BCUT2D eigenvalue weighted by Crippen LogP contribution is -2.39. The van der Waals surface area contributed by atoms with Crippen LogP contribution in [0, 0.1) is 11.8 Å². The van der Waals surface area contributed by atoms with Gasteiger partial charge in [-0.2, -0.15) is 0 Å². The molecule has 2 aromatic rings. The third-order valence-electron chi connectivity index (χ3n) is 6.41. The summed E-state index contributed by atoms with van der Waals surface area (Å²) in [7, 11) is 0. The Morgan fingerprint density at radius 2 is 1.74 bits per heavy atom. The molecule has 1 aliphatic carbocycles. The molecule has 2 aliphatic rings. The van der Waals surface area contributed by atoms with E-state index in [4.69, 9.17) is 0 Å². The van der Waals surface area contributed by atoms with Gasteiger partial charge in [-0.3, -0.25) is 14.4 Å². The van der Waals surface area contributed by atoms with E-state index >= 15 is 0 Å². The minimum absolute atomic E-state index is 0.0165. The molecule has 6 nitrogen and oxygen atoms in total. The smallest absolute Gasteiger partial charge is 0.254 e. The van der Waals surface area contributed by atoms with Crippen LogP contribution in [0.15, 0.2) is 54.6 Å². The average molecular weight is 420 g/mol. The van der Waals surface area contributed by atoms with Crippen molar-refractivity contribution in [1.29, 1.82) is 0 Å². The van der Waals surface area contributed by atoms with E-state index in [9.17, 15) is 14.4 Å². The first kappa shape index (κ1) is 21.1. The molecule has 3 atom stereocenters. The van der Waals surface area contributed by atoms with Crippen LogP contribution in [0.3, 0.4) is 0 Å². The van der Waals surface area contributed by atoms with E-state index in [-0.39, 0.29) is 42.1 Å². The number of benzene rings is 2. The number of nitrogens with zero attached hydrogens (tertiary/aromatic N) is 1. The molecule has 2 aromatic carbocycles. The fraction of sp³-hybridized carbons (Fsp3) is 0.400. The van der Waals surface area contributed by atoms with Gasteiger partial charge in [-0.15, -0.1) is 0 Å². The van der Waals surface area contributed by atoms with Crippen LogP contribution < -0.4 is 10.6 Å². The van der Waals surface area contributed by atoms with E-state index < -0.39 is 0 Å². The molecule has 4 rings (SSSR count). The zero-order valence-electron chi connectivity index (χ0n) is 17.8. The van der Waals surface area contributed by atoms with Crippen LogP contribution in [-0.4, -0.2) is 41.8 Å². The summed E-state index contributed by atoms with van der Waals surface area (Å²) in [5.41, 5.74) is 2.93. The quantitative estimate of drug-likeness (QED) is 0.782. The number of rotatable bonds is 5. The molecule has 0 spiro atoms. The van der Waals surface area contributed by atoms with E-state index in [2.05, 4.69) is 29.7 Å². The summed E-state index contributed by atoms with van der Waals surface area (Å²) in [5, 5.41) is 6.08. The highest BCUT2D eigenvalue weighted by atomic mass is 16.2. The van der Waals surface area contributed by atoms with Gasteiger partial charge in [0, 0.05) is 30.6 Å². The molecule has 0 bridgehead atoms. The van der Waals surface area contributed by atoms with Crippen molar-refractivity contribution in [2.75, 3.05) is 13.1 Å². The maximum absolute atomic E-state index is 12.9. The van der Waals surface area contributed by atoms with Crippen molar-refractivity contribution < 1.29 is 14.4 Å². The van der Waals surface area contributed by atoms with Crippen LogP contribution >= 0.6 is 0 Å². The molecule has 162 valence electrons. The van der Waals surface area contributed by atoms with Crippen LogP contribution in [-0.2, 0) is 22.6 Å². The minimum atomic E-state index is -0.158. The van der Waals surface area contributed by atoms with Gasteiger partial charge >= 0.3 is 0 Å². The molecule has 6 heteroatoms. The number of amides is 3. The third kappa shape index (κ3) is 4.95. The van der Waals surface area contributed by atoms with Crippen LogP contribution in [0.25, 0.3) is 0 Å². The summed E-state index contributed by atoms with van der Waals surface area (Å²) < 4.78 is 0. The summed E-state index contributed by atoms with van der Waals surface area (Å²) in [6, 6.07) is 17.2. The number of carbonyl (C=O) groups excluding carboxylic acids is 3. The number of fused-ring (bicyclic) bond motifs is 1. The highest BCUT2D eigenvalue weighted by molar-refractivity contribution is 5.96. The molecule has 1 saturated heterocycles. The molecule has 1 saturated carbocycles. The number of nitrogens with one attached hydrogen (secondary N) is 2. The summed E-state index contributed by atoms with van der Waals surface area (Å²) in [5.74, 6) is -0.354. The van der Waals surface area contributed by atoms with Gasteiger partial charge in [0.25, 0.3) is 5.91 Å². The summed E-state index contributed by atoms with van der Waals surface area (Å²) >= 11 is 0. The first-order valence-corrected chi connectivity index (χ1v) is 11.0. The van der Waals surface area contributed by atoms with Crippen molar-refractivity contribution >= 4 is 17.7 Å². The van der Waals surface area contributed by atoms with E-state index in [0.717, 1.165) is 12.0 Å². The SMILES string of the molecule is CCc1ccc(CNC(=O)[C@H]2C[C@@H]3CN(C(=O)c4ccccc4)CC(=O)N[C@@H]3C2)cc1. The van der Waals surface area contributed by atoms with E-state index in [1.807, 2.05) is 30.3 Å². The van der Waals surface area contributed by atoms with Crippen molar-refractivity contribution in [3.63, 3.8) is 0 Å². The molecule has 0 radical (unpaired) electrons. The number of carbonyl (C=O) groups is 3. The van der Waals surface area contributed by atoms with Gasteiger partial charge in [0.2, 0.25) is 11.8 Å². The standard InChI is InChI=1S/C25H29N3O3/c1-2-17-8-10-18(11-9-17)14-26-24(30)20-12-21-15-28(16-23(29)27-22(21)13-20)25(31)19-6-4-3-5-7-19/h3-11,20-22H,2,12-16H2,1H3,(H,26,30)(H,27,29)/t20-,21+,22+/m0/s1. The van der Waals surface area contributed by atoms with Crippen molar-refractivity contribution in [3.05, 3.63) is 71.3 Å². The van der Waals surface area contributed by atoms with Crippen LogP contribution in [0.1, 0.15) is 41.3 Å².